The highest BCUT2D eigenvalue weighted by molar-refractivity contribution is 6.07. The van der Waals surface area contributed by atoms with Gasteiger partial charge >= 0.3 is 0 Å². The van der Waals surface area contributed by atoms with Gasteiger partial charge in [-0.05, 0) is 43.3 Å². The Labute approximate surface area is 153 Å². The molecule has 1 aliphatic heterocycles. The molecule has 7 heteroatoms. The Hall–Kier alpha value is -2.31. The fraction of sp³-hybridized carbons (Fsp3) is 0.333. The second-order valence-electron chi connectivity index (χ2n) is 6.01. The highest BCUT2D eigenvalue weighted by Gasteiger charge is 2.26. The van der Waals surface area contributed by atoms with Crippen LogP contribution < -0.4 is 15.5 Å². The topological polar surface area (TPSA) is 74.6 Å². The molecular formula is C18H22ClN3O3. The number of hydrogen-bond donors (Lipinski definition) is 2. The Balaban J connectivity index is 0.00000225. The maximum atomic E-state index is 12.5. The van der Waals surface area contributed by atoms with Crippen LogP contribution in [-0.2, 0) is 11.2 Å². The SMILES string of the molecule is CNCC(C)C(=O)Nc1ccc2c(c1)CCN2C(=O)c1ccoc1.Cl. The number of carbonyl (C=O) groups excluding carboxylic acids is 2. The van der Waals surface area contributed by atoms with Gasteiger partial charge in [0.05, 0.1) is 11.8 Å². The summed E-state index contributed by atoms with van der Waals surface area (Å²) in [6, 6.07) is 7.34. The molecule has 0 fully saturated rings. The summed E-state index contributed by atoms with van der Waals surface area (Å²) in [4.78, 5) is 26.3. The molecule has 0 radical (unpaired) electrons. The van der Waals surface area contributed by atoms with Crippen LogP contribution in [0.15, 0.2) is 41.2 Å². The van der Waals surface area contributed by atoms with Crippen molar-refractivity contribution in [2.75, 3.05) is 30.4 Å². The first-order valence-corrected chi connectivity index (χ1v) is 8.02. The number of furan rings is 1. The fourth-order valence-electron chi connectivity index (χ4n) is 2.90. The molecule has 0 saturated heterocycles. The van der Waals surface area contributed by atoms with E-state index in [-0.39, 0.29) is 30.1 Å². The number of nitrogens with zero attached hydrogens (tertiary/aromatic N) is 1. The van der Waals surface area contributed by atoms with Crippen LogP contribution in [0.25, 0.3) is 0 Å². The largest absolute Gasteiger partial charge is 0.472 e. The molecule has 6 nitrogen and oxygen atoms in total. The van der Waals surface area contributed by atoms with Crippen molar-refractivity contribution in [3.05, 3.63) is 47.9 Å². The van der Waals surface area contributed by atoms with Crippen molar-refractivity contribution in [1.29, 1.82) is 0 Å². The number of hydrogen-bond acceptors (Lipinski definition) is 4. The first-order chi connectivity index (χ1) is 11.6. The molecule has 1 aromatic heterocycles. The van der Waals surface area contributed by atoms with E-state index in [9.17, 15) is 9.59 Å². The van der Waals surface area contributed by atoms with Crippen LogP contribution in [0.3, 0.4) is 0 Å². The van der Waals surface area contributed by atoms with E-state index in [1.807, 2.05) is 32.2 Å². The second kappa shape index (κ2) is 8.18. The Morgan fingerprint density at radius 3 is 2.80 bits per heavy atom. The van der Waals surface area contributed by atoms with Crippen molar-refractivity contribution >= 4 is 35.6 Å². The zero-order chi connectivity index (χ0) is 17.1. The van der Waals surface area contributed by atoms with Crippen molar-refractivity contribution in [2.45, 2.75) is 13.3 Å². The van der Waals surface area contributed by atoms with Crippen LogP contribution in [0.5, 0.6) is 0 Å². The Bertz CT molecular complexity index is 746. The van der Waals surface area contributed by atoms with Gasteiger partial charge in [0.15, 0.2) is 0 Å². The minimum absolute atomic E-state index is 0. The van der Waals surface area contributed by atoms with E-state index in [2.05, 4.69) is 10.6 Å². The summed E-state index contributed by atoms with van der Waals surface area (Å²) >= 11 is 0. The first-order valence-electron chi connectivity index (χ1n) is 8.02. The maximum Gasteiger partial charge on any atom is 0.261 e. The van der Waals surface area contributed by atoms with Crippen LogP contribution in [-0.4, -0.2) is 32.0 Å². The number of fused-ring (bicyclic) bond motifs is 1. The molecule has 1 aliphatic rings. The summed E-state index contributed by atoms with van der Waals surface area (Å²) in [5.41, 5.74) is 3.26. The number of benzene rings is 1. The zero-order valence-electron chi connectivity index (χ0n) is 14.2. The van der Waals surface area contributed by atoms with E-state index in [1.165, 1.54) is 12.5 Å². The minimum Gasteiger partial charge on any atom is -0.472 e. The zero-order valence-corrected chi connectivity index (χ0v) is 15.1. The maximum absolute atomic E-state index is 12.5. The molecule has 25 heavy (non-hydrogen) atoms. The van der Waals surface area contributed by atoms with Crippen molar-refractivity contribution in [1.82, 2.24) is 5.32 Å². The number of anilines is 2. The normalized spacial score (nSPS) is 13.8. The van der Waals surface area contributed by atoms with Gasteiger partial charge in [-0.1, -0.05) is 6.92 Å². The standard InChI is InChI=1S/C18H21N3O3.ClH/c1-12(10-19-2)17(22)20-15-3-4-16-13(9-15)5-7-21(16)18(23)14-6-8-24-11-14;/h3-4,6,8-9,11-12,19H,5,7,10H2,1-2H3,(H,20,22);1H. The van der Waals surface area contributed by atoms with E-state index < -0.39 is 0 Å². The number of carbonyl (C=O) groups is 2. The van der Waals surface area contributed by atoms with Gasteiger partial charge in [0, 0.05) is 30.4 Å². The molecule has 2 heterocycles. The predicted molar refractivity (Wildman–Crippen MR) is 99.5 cm³/mol. The molecule has 0 spiro atoms. The van der Waals surface area contributed by atoms with Gasteiger partial charge in [-0.3, -0.25) is 9.59 Å². The van der Waals surface area contributed by atoms with Crippen LogP contribution in [0, 0.1) is 5.92 Å². The average molecular weight is 364 g/mol. The summed E-state index contributed by atoms with van der Waals surface area (Å²) < 4.78 is 4.99. The summed E-state index contributed by atoms with van der Waals surface area (Å²) in [7, 11) is 1.82. The van der Waals surface area contributed by atoms with Gasteiger partial charge in [-0.25, -0.2) is 0 Å². The van der Waals surface area contributed by atoms with Crippen LogP contribution >= 0.6 is 12.4 Å². The lowest BCUT2D eigenvalue weighted by atomic mass is 10.1. The summed E-state index contributed by atoms with van der Waals surface area (Å²) in [6.45, 7) is 3.14. The Kier molecular flexibility index (Phi) is 6.22. The monoisotopic (exact) mass is 363 g/mol. The van der Waals surface area contributed by atoms with Crippen LogP contribution in [0.1, 0.15) is 22.8 Å². The summed E-state index contributed by atoms with van der Waals surface area (Å²) in [6.07, 6.45) is 3.72. The van der Waals surface area contributed by atoms with Gasteiger partial charge in [0.1, 0.15) is 6.26 Å². The molecule has 1 aromatic carbocycles. The Morgan fingerprint density at radius 2 is 2.12 bits per heavy atom. The lowest BCUT2D eigenvalue weighted by Gasteiger charge is -2.17. The minimum atomic E-state index is -0.109. The van der Waals surface area contributed by atoms with Crippen LogP contribution in [0.4, 0.5) is 11.4 Å². The quantitative estimate of drug-likeness (QED) is 0.856. The van der Waals surface area contributed by atoms with Crippen molar-refractivity contribution in [3.8, 4) is 0 Å². The highest BCUT2D eigenvalue weighted by atomic mass is 35.5. The lowest BCUT2D eigenvalue weighted by molar-refractivity contribution is -0.119. The van der Waals surface area contributed by atoms with E-state index in [0.29, 0.717) is 18.7 Å². The van der Waals surface area contributed by atoms with E-state index in [0.717, 1.165) is 23.4 Å². The molecule has 2 amide bonds. The van der Waals surface area contributed by atoms with E-state index >= 15 is 0 Å². The molecule has 1 atom stereocenters. The molecule has 0 saturated carbocycles. The molecule has 3 rings (SSSR count). The van der Waals surface area contributed by atoms with E-state index in [4.69, 9.17) is 4.42 Å². The summed E-state index contributed by atoms with van der Waals surface area (Å²) in [5.74, 6) is -0.196. The second-order valence-corrected chi connectivity index (χ2v) is 6.01. The van der Waals surface area contributed by atoms with Gasteiger partial charge in [0.25, 0.3) is 5.91 Å². The third-order valence-corrected chi connectivity index (χ3v) is 4.21. The number of amides is 2. The van der Waals surface area contributed by atoms with Crippen molar-refractivity contribution < 1.29 is 14.0 Å². The van der Waals surface area contributed by atoms with Gasteiger partial charge in [0.2, 0.25) is 5.91 Å². The van der Waals surface area contributed by atoms with Crippen LogP contribution in [0.2, 0.25) is 0 Å². The third-order valence-electron chi connectivity index (χ3n) is 4.21. The van der Waals surface area contributed by atoms with Gasteiger partial charge in [-0.15, -0.1) is 12.4 Å². The first kappa shape index (κ1) is 19.0. The molecular weight excluding hydrogens is 342 g/mol. The third kappa shape index (κ3) is 4.03. The number of nitrogens with one attached hydrogen (secondary N) is 2. The number of rotatable bonds is 5. The van der Waals surface area contributed by atoms with Crippen molar-refractivity contribution in [3.63, 3.8) is 0 Å². The van der Waals surface area contributed by atoms with Gasteiger partial charge in [-0.2, -0.15) is 0 Å². The average Bonchev–Trinajstić information content (AvgIpc) is 3.24. The van der Waals surface area contributed by atoms with E-state index in [1.54, 1.807) is 11.0 Å². The lowest BCUT2D eigenvalue weighted by Crippen LogP contribution is -2.29. The molecule has 2 N–H and O–H groups in total. The summed E-state index contributed by atoms with van der Waals surface area (Å²) in [5, 5.41) is 5.93. The molecule has 2 aromatic rings. The predicted octanol–water partition coefficient (Wildman–Crippen LogP) is 2.70. The molecule has 1 unspecified atom stereocenters. The Morgan fingerprint density at radius 1 is 1.32 bits per heavy atom. The van der Waals surface area contributed by atoms with Crippen molar-refractivity contribution in [2.24, 2.45) is 5.92 Å². The molecule has 0 aliphatic carbocycles. The smallest absolute Gasteiger partial charge is 0.261 e. The number of halogens is 1. The molecule has 134 valence electrons. The highest BCUT2D eigenvalue weighted by Crippen LogP contribution is 2.31. The fourth-order valence-corrected chi connectivity index (χ4v) is 2.90. The molecule has 0 bridgehead atoms. The van der Waals surface area contributed by atoms with Gasteiger partial charge < -0.3 is 20.0 Å².